The van der Waals surface area contributed by atoms with Crippen LogP contribution >= 0.6 is 0 Å². The van der Waals surface area contributed by atoms with Crippen LogP contribution in [0.3, 0.4) is 0 Å². The third-order valence-electron chi connectivity index (χ3n) is 4.65. The van der Waals surface area contributed by atoms with Crippen LogP contribution in [0.4, 0.5) is 11.8 Å². The van der Waals surface area contributed by atoms with Crippen LogP contribution in [-0.2, 0) is 0 Å². The first kappa shape index (κ1) is 18.9. The number of anilines is 2. The van der Waals surface area contributed by atoms with E-state index in [2.05, 4.69) is 35.6 Å². The van der Waals surface area contributed by atoms with Crippen molar-refractivity contribution in [3.8, 4) is 11.3 Å². The van der Waals surface area contributed by atoms with Crippen molar-refractivity contribution < 1.29 is 9.32 Å². The zero-order valence-corrected chi connectivity index (χ0v) is 16.3. The van der Waals surface area contributed by atoms with Crippen molar-refractivity contribution in [2.75, 3.05) is 36.4 Å². The van der Waals surface area contributed by atoms with E-state index in [9.17, 15) is 4.79 Å². The number of nitrogens with one attached hydrogen (secondary N) is 2. The molecular weight excluding hydrogens is 370 g/mol. The summed E-state index contributed by atoms with van der Waals surface area (Å²) < 4.78 is 5.23. The third kappa shape index (κ3) is 4.68. The van der Waals surface area contributed by atoms with Crippen LogP contribution in [0.15, 0.2) is 41.2 Å². The summed E-state index contributed by atoms with van der Waals surface area (Å²) in [7, 11) is 0. The molecule has 0 bridgehead atoms. The number of carbonyl (C=O) groups is 1. The molecule has 1 amide bonds. The highest BCUT2D eigenvalue weighted by atomic mass is 16.5. The van der Waals surface area contributed by atoms with Crippen LogP contribution < -0.4 is 15.5 Å². The van der Waals surface area contributed by atoms with Gasteiger partial charge in [0, 0.05) is 62.0 Å². The first-order chi connectivity index (χ1) is 14.2. The van der Waals surface area contributed by atoms with E-state index < -0.39 is 0 Å². The largest absolute Gasteiger partial charge is 0.356 e. The summed E-state index contributed by atoms with van der Waals surface area (Å²) in [6, 6.07) is 7.25. The normalized spacial score (nSPS) is 13.5. The van der Waals surface area contributed by atoms with Gasteiger partial charge in [0.1, 0.15) is 5.82 Å². The average molecular weight is 393 g/mol. The molecule has 1 aliphatic heterocycles. The Bertz CT molecular complexity index is 968. The van der Waals surface area contributed by atoms with Gasteiger partial charge in [0.2, 0.25) is 5.95 Å². The maximum absolute atomic E-state index is 12.3. The summed E-state index contributed by atoms with van der Waals surface area (Å²) >= 11 is 0. The van der Waals surface area contributed by atoms with E-state index in [-0.39, 0.29) is 11.6 Å². The van der Waals surface area contributed by atoms with Crippen LogP contribution in [0.5, 0.6) is 0 Å². The monoisotopic (exact) mass is 393 g/mol. The molecule has 0 unspecified atom stereocenters. The molecule has 0 saturated carbocycles. The Kier molecular flexibility index (Phi) is 5.64. The molecule has 1 fully saturated rings. The maximum atomic E-state index is 12.3. The van der Waals surface area contributed by atoms with E-state index in [1.54, 1.807) is 24.5 Å². The van der Waals surface area contributed by atoms with Crippen molar-refractivity contribution in [3.05, 3.63) is 48.0 Å². The van der Waals surface area contributed by atoms with Gasteiger partial charge in [-0.3, -0.25) is 9.78 Å². The molecule has 0 aromatic carbocycles. The van der Waals surface area contributed by atoms with E-state index in [1.165, 1.54) is 12.8 Å². The lowest BCUT2D eigenvalue weighted by atomic mass is 10.2. The van der Waals surface area contributed by atoms with Gasteiger partial charge < -0.3 is 20.1 Å². The van der Waals surface area contributed by atoms with Crippen molar-refractivity contribution in [3.63, 3.8) is 0 Å². The Morgan fingerprint density at radius 3 is 2.86 bits per heavy atom. The van der Waals surface area contributed by atoms with Crippen LogP contribution in [0, 0.1) is 6.92 Å². The standard InChI is InChI=1S/C20H23N7O2/c1-14-11-18(27-9-2-3-10-27)25-20(24-14)23-8-7-22-19(28)16-12-17(29-26-16)15-5-4-6-21-13-15/h4-6,11-13H,2-3,7-10H2,1H3,(H,22,28)(H,23,24,25). The molecular formula is C20H23N7O2. The quantitative estimate of drug-likeness (QED) is 0.589. The number of carbonyl (C=O) groups excluding carboxylic acids is 1. The maximum Gasteiger partial charge on any atom is 0.273 e. The number of rotatable bonds is 7. The Hall–Kier alpha value is -3.49. The molecule has 9 heteroatoms. The fraction of sp³-hybridized carbons (Fsp3) is 0.350. The molecule has 9 nitrogen and oxygen atoms in total. The number of aromatic nitrogens is 4. The predicted octanol–water partition coefficient (Wildman–Crippen LogP) is 2.28. The van der Waals surface area contributed by atoms with Crippen LogP contribution in [0.2, 0.25) is 0 Å². The molecule has 2 N–H and O–H groups in total. The van der Waals surface area contributed by atoms with Gasteiger partial charge in [-0.2, -0.15) is 4.98 Å². The highest BCUT2D eigenvalue weighted by molar-refractivity contribution is 5.93. The second-order valence-corrected chi connectivity index (χ2v) is 6.89. The number of hydrogen-bond donors (Lipinski definition) is 2. The minimum absolute atomic E-state index is 0.229. The van der Waals surface area contributed by atoms with Gasteiger partial charge >= 0.3 is 0 Å². The van der Waals surface area contributed by atoms with Crippen molar-refractivity contribution >= 4 is 17.7 Å². The van der Waals surface area contributed by atoms with Gasteiger partial charge in [-0.15, -0.1) is 0 Å². The Morgan fingerprint density at radius 2 is 2.07 bits per heavy atom. The lowest BCUT2D eigenvalue weighted by Crippen LogP contribution is -2.29. The SMILES string of the molecule is Cc1cc(N2CCCC2)nc(NCCNC(=O)c2cc(-c3cccnc3)on2)n1. The summed E-state index contributed by atoms with van der Waals surface area (Å²) in [5, 5.41) is 9.82. The number of pyridine rings is 1. The first-order valence-corrected chi connectivity index (χ1v) is 9.69. The summed E-state index contributed by atoms with van der Waals surface area (Å²) in [6.45, 7) is 4.93. The summed E-state index contributed by atoms with van der Waals surface area (Å²) in [6.07, 6.45) is 5.72. The lowest BCUT2D eigenvalue weighted by molar-refractivity contribution is 0.0946. The highest BCUT2D eigenvalue weighted by Crippen LogP contribution is 2.20. The zero-order chi connectivity index (χ0) is 20.1. The number of hydrogen-bond acceptors (Lipinski definition) is 8. The van der Waals surface area contributed by atoms with Gasteiger partial charge in [-0.05, 0) is 31.9 Å². The summed E-state index contributed by atoms with van der Waals surface area (Å²) in [5.41, 5.74) is 1.91. The summed E-state index contributed by atoms with van der Waals surface area (Å²) in [5.74, 6) is 1.73. The fourth-order valence-electron chi connectivity index (χ4n) is 3.21. The Balaban J connectivity index is 1.28. The lowest BCUT2D eigenvalue weighted by Gasteiger charge is -2.17. The molecule has 3 aromatic heterocycles. The fourth-order valence-corrected chi connectivity index (χ4v) is 3.21. The number of amides is 1. The molecule has 1 aliphatic rings. The molecule has 0 aliphatic carbocycles. The molecule has 3 aromatic rings. The van der Waals surface area contributed by atoms with E-state index in [0.29, 0.717) is 24.8 Å². The molecule has 1 saturated heterocycles. The van der Waals surface area contributed by atoms with Gasteiger partial charge in [0.25, 0.3) is 5.91 Å². The number of nitrogens with zero attached hydrogens (tertiary/aromatic N) is 5. The van der Waals surface area contributed by atoms with Crippen LogP contribution in [0.25, 0.3) is 11.3 Å². The highest BCUT2D eigenvalue weighted by Gasteiger charge is 2.16. The van der Waals surface area contributed by atoms with Crippen molar-refractivity contribution in [1.82, 2.24) is 25.4 Å². The van der Waals surface area contributed by atoms with E-state index in [1.807, 2.05) is 19.1 Å². The summed E-state index contributed by atoms with van der Waals surface area (Å²) in [4.78, 5) is 27.6. The van der Waals surface area contributed by atoms with Crippen LogP contribution in [0.1, 0.15) is 29.0 Å². The second-order valence-electron chi connectivity index (χ2n) is 6.89. The molecule has 0 atom stereocenters. The van der Waals surface area contributed by atoms with Gasteiger partial charge in [0.05, 0.1) is 0 Å². The van der Waals surface area contributed by atoms with E-state index >= 15 is 0 Å². The van der Waals surface area contributed by atoms with Gasteiger partial charge in [-0.25, -0.2) is 4.98 Å². The molecule has 4 heterocycles. The van der Waals surface area contributed by atoms with Crippen molar-refractivity contribution in [2.24, 2.45) is 0 Å². The third-order valence-corrected chi connectivity index (χ3v) is 4.65. The van der Waals surface area contributed by atoms with Gasteiger partial charge in [-0.1, -0.05) is 5.16 Å². The topological polar surface area (TPSA) is 109 Å². The Morgan fingerprint density at radius 1 is 1.21 bits per heavy atom. The molecule has 29 heavy (non-hydrogen) atoms. The smallest absolute Gasteiger partial charge is 0.273 e. The molecule has 0 spiro atoms. The van der Waals surface area contributed by atoms with E-state index in [0.717, 1.165) is 30.2 Å². The minimum atomic E-state index is -0.298. The minimum Gasteiger partial charge on any atom is -0.356 e. The number of aryl methyl sites for hydroxylation is 1. The second kappa shape index (κ2) is 8.68. The van der Waals surface area contributed by atoms with Crippen molar-refractivity contribution in [2.45, 2.75) is 19.8 Å². The molecule has 0 radical (unpaired) electrons. The molecule has 150 valence electrons. The van der Waals surface area contributed by atoms with Gasteiger partial charge in [0.15, 0.2) is 11.5 Å². The van der Waals surface area contributed by atoms with E-state index in [4.69, 9.17) is 4.52 Å². The van der Waals surface area contributed by atoms with Crippen LogP contribution in [-0.4, -0.2) is 52.2 Å². The predicted molar refractivity (Wildman–Crippen MR) is 109 cm³/mol. The average Bonchev–Trinajstić information content (AvgIpc) is 3.44. The first-order valence-electron chi connectivity index (χ1n) is 9.69. The van der Waals surface area contributed by atoms with Crippen molar-refractivity contribution in [1.29, 1.82) is 0 Å². The zero-order valence-electron chi connectivity index (χ0n) is 16.3. The Labute approximate surface area is 168 Å². The molecule has 4 rings (SSSR count).